The number of carbonyl (C=O) groups excluding carboxylic acids is 1. The summed E-state index contributed by atoms with van der Waals surface area (Å²) in [6.45, 7) is 3.75. The number of carbonyl (C=O) groups is 1. The minimum Gasteiger partial charge on any atom is -0.392 e. The summed E-state index contributed by atoms with van der Waals surface area (Å²) in [6, 6.07) is 0. The van der Waals surface area contributed by atoms with Gasteiger partial charge >= 0.3 is 0 Å². The second-order valence-electron chi connectivity index (χ2n) is 3.87. The largest absolute Gasteiger partial charge is 0.392 e. The lowest BCUT2D eigenvalue weighted by Gasteiger charge is -2.22. The molecule has 0 heterocycles. The van der Waals surface area contributed by atoms with E-state index in [0.717, 1.165) is 12.8 Å². The molecule has 0 aromatic rings. The molecule has 0 bridgehead atoms. The van der Waals surface area contributed by atoms with Gasteiger partial charge in [0.15, 0.2) is 0 Å². The van der Waals surface area contributed by atoms with Gasteiger partial charge in [-0.2, -0.15) is 0 Å². The minimum atomic E-state index is -0.531. The Hall–Kier alpha value is -0.680. The summed E-state index contributed by atoms with van der Waals surface area (Å²) >= 11 is 4.92. The lowest BCUT2D eigenvalue weighted by Crippen LogP contribution is -2.42. The van der Waals surface area contributed by atoms with Crippen molar-refractivity contribution >= 4 is 23.1 Å². The molecule has 0 aromatic carbocycles. The molecule has 0 aromatic heterocycles. The van der Waals surface area contributed by atoms with Crippen molar-refractivity contribution in [3.8, 4) is 0 Å². The van der Waals surface area contributed by atoms with E-state index in [1.54, 1.807) is 11.9 Å². The topological polar surface area (TPSA) is 55.6 Å². The van der Waals surface area contributed by atoms with Crippen LogP contribution in [-0.4, -0.2) is 42.6 Å². The van der Waals surface area contributed by atoms with Crippen molar-refractivity contribution in [1.82, 2.24) is 4.90 Å². The summed E-state index contributed by atoms with van der Waals surface area (Å²) in [4.78, 5) is 13.9. The van der Waals surface area contributed by atoms with Crippen molar-refractivity contribution < 1.29 is 9.53 Å². The van der Waals surface area contributed by atoms with Gasteiger partial charge in [0.25, 0.3) is 0 Å². The van der Waals surface area contributed by atoms with Crippen molar-refractivity contribution in [2.45, 2.75) is 19.8 Å². The van der Waals surface area contributed by atoms with E-state index in [1.165, 1.54) is 0 Å². The molecule has 1 rings (SSSR count). The highest BCUT2D eigenvalue weighted by Gasteiger charge is 2.53. The maximum atomic E-state index is 12.0. The van der Waals surface area contributed by atoms with Gasteiger partial charge in [-0.25, -0.2) is 0 Å². The Morgan fingerprint density at radius 2 is 2.20 bits per heavy atom. The Morgan fingerprint density at radius 3 is 2.60 bits per heavy atom. The lowest BCUT2D eigenvalue weighted by molar-refractivity contribution is -0.133. The fraction of sp³-hybridized carbons (Fsp3) is 0.800. The summed E-state index contributed by atoms with van der Waals surface area (Å²) in [7, 11) is 1.76. The van der Waals surface area contributed by atoms with Crippen molar-refractivity contribution in [1.29, 1.82) is 0 Å². The molecule has 0 atom stereocenters. The van der Waals surface area contributed by atoms with Crippen LogP contribution in [0.2, 0.25) is 0 Å². The van der Waals surface area contributed by atoms with Gasteiger partial charge in [0.05, 0.1) is 17.0 Å². The number of hydrogen-bond donors (Lipinski definition) is 1. The van der Waals surface area contributed by atoms with Crippen LogP contribution in [0.4, 0.5) is 0 Å². The van der Waals surface area contributed by atoms with Crippen LogP contribution in [0.5, 0.6) is 0 Å². The Bertz CT molecular complexity index is 264. The van der Waals surface area contributed by atoms with Crippen LogP contribution in [0, 0.1) is 5.41 Å². The maximum absolute atomic E-state index is 12.0. The summed E-state index contributed by atoms with van der Waals surface area (Å²) in [5.41, 5.74) is 5.05. The first-order valence-corrected chi connectivity index (χ1v) is 5.58. The molecule has 0 unspecified atom stereocenters. The molecule has 0 saturated heterocycles. The molecule has 1 saturated carbocycles. The quantitative estimate of drug-likeness (QED) is 0.535. The molecule has 2 N–H and O–H groups in total. The number of nitrogens with zero attached hydrogens (tertiary/aromatic N) is 1. The molecule has 1 aliphatic carbocycles. The van der Waals surface area contributed by atoms with Crippen LogP contribution < -0.4 is 5.73 Å². The lowest BCUT2D eigenvalue weighted by atomic mass is 10.1. The smallest absolute Gasteiger partial charge is 0.235 e. The Kier molecular flexibility index (Phi) is 4.04. The molecule has 1 amide bonds. The number of hydrogen-bond acceptors (Lipinski definition) is 3. The van der Waals surface area contributed by atoms with E-state index in [9.17, 15) is 4.79 Å². The van der Waals surface area contributed by atoms with Crippen molar-refractivity contribution in [2.75, 3.05) is 26.8 Å². The van der Waals surface area contributed by atoms with Crippen LogP contribution in [-0.2, 0) is 9.53 Å². The standard InChI is InChI=1S/C10H18N2O2S/c1-3-14-7-6-12(2)9(13)10(4-5-10)8(11)15/h3-7H2,1-2H3,(H2,11,15). The van der Waals surface area contributed by atoms with E-state index in [-0.39, 0.29) is 5.91 Å². The van der Waals surface area contributed by atoms with Crippen molar-refractivity contribution in [3.63, 3.8) is 0 Å². The highest BCUT2D eigenvalue weighted by atomic mass is 32.1. The zero-order valence-corrected chi connectivity index (χ0v) is 10.1. The Balaban J connectivity index is 2.43. The summed E-state index contributed by atoms with van der Waals surface area (Å²) < 4.78 is 5.19. The molecule has 0 radical (unpaired) electrons. The molecule has 15 heavy (non-hydrogen) atoms. The molecule has 0 aliphatic heterocycles. The van der Waals surface area contributed by atoms with Crippen LogP contribution in [0.15, 0.2) is 0 Å². The van der Waals surface area contributed by atoms with E-state index >= 15 is 0 Å². The summed E-state index contributed by atoms with van der Waals surface area (Å²) in [5, 5.41) is 0. The number of amides is 1. The molecular weight excluding hydrogens is 212 g/mol. The molecular formula is C10H18N2O2S. The number of thiocarbonyl (C=S) groups is 1. The average molecular weight is 230 g/mol. The third-order valence-electron chi connectivity index (χ3n) is 2.75. The van der Waals surface area contributed by atoms with Gasteiger partial charge in [0, 0.05) is 20.2 Å². The van der Waals surface area contributed by atoms with Crippen LogP contribution in [0.25, 0.3) is 0 Å². The number of ether oxygens (including phenoxy) is 1. The van der Waals surface area contributed by atoms with E-state index in [0.29, 0.717) is 24.7 Å². The first kappa shape index (κ1) is 12.4. The maximum Gasteiger partial charge on any atom is 0.235 e. The van der Waals surface area contributed by atoms with Crippen molar-refractivity contribution in [2.24, 2.45) is 11.1 Å². The zero-order chi connectivity index (χ0) is 11.5. The monoisotopic (exact) mass is 230 g/mol. The first-order chi connectivity index (χ1) is 7.04. The van der Waals surface area contributed by atoms with Gasteiger partial charge < -0.3 is 15.4 Å². The number of likely N-dealkylation sites (N-methyl/N-ethyl adjacent to an activating group) is 1. The second-order valence-corrected chi connectivity index (χ2v) is 4.31. The van der Waals surface area contributed by atoms with Gasteiger partial charge in [-0.15, -0.1) is 0 Å². The Labute approximate surface area is 95.8 Å². The summed E-state index contributed by atoms with van der Waals surface area (Å²) in [5.74, 6) is 0.0368. The number of rotatable bonds is 6. The second kappa shape index (κ2) is 4.90. The van der Waals surface area contributed by atoms with E-state index < -0.39 is 5.41 Å². The first-order valence-electron chi connectivity index (χ1n) is 5.18. The SMILES string of the molecule is CCOCCN(C)C(=O)C1(C(N)=S)CC1. The van der Waals surface area contributed by atoms with Gasteiger partial charge in [0.1, 0.15) is 0 Å². The third kappa shape index (κ3) is 2.66. The van der Waals surface area contributed by atoms with Crippen molar-refractivity contribution in [3.05, 3.63) is 0 Å². The van der Waals surface area contributed by atoms with Gasteiger partial charge in [-0.05, 0) is 19.8 Å². The molecule has 1 fully saturated rings. The zero-order valence-electron chi connectivity index (χ0n) is 9.28. The molecule has 4 nitrogen and oxygen atoms in total. The predicted octanol–water partition coefficient (Wildman–Crippen LogP) is 0.548. The van der Waals surface area contributed by atoms with Crippen LogP contribution >= 0.6 is 12.2 Å². The summed E-state index contributed by atoms with van der Waals surface area (Å²) in [6.07, 6.45) is 1.58. The predicted molar refractivity (Wildman–Crippen MR) is 62.6 cm³/mol. The van der Waals surface area contributed by atoms with Crippen LogP contribution in [0.3, 0.4) is 0 Å². The molecule has 5 heteroatoms. The molecule has 1 aliphatic rings. The fourth-order valence-corrected chi connectivity index (χ4v) is 1.79. The van der Waals surface area contributed by atoms with Crippen LogP contribution in [0.1, 0.15) is 19.8 Å². The average Bonchev–Trinajstić information content (AvgIpc) is 2.97. The van der Waals surface area contributed by atoms with E-state index in [4.69, 9.17) is 22.7 Å². The third-order valence-corrected chi connectivity index (χ3v) is 3.14. The normalized spacial score (nSPS) is 17.2. The van der Waals surface area contributed by atoms with E-state index in [1.807, 2.05) is 6.92 Å². The Morgan fingerprint density at radius 1 is 1.60 bits per heavy atom. The number of nitrogens with two attached hydrogens (primary N) is 1. The highest BCUT2D eigenvalue weighted by molar-refractivity contribution is 7.80. The molecule has 86 valence electrons. The fourth-order valence-electron chi connectivity index (χ4n) is 1.50. The molecule has 0 spiro atoms. The van der Waals surface area contributed by atoms with Gasteiger partial charge in [-0.3, -0.25) is 4.79 Å². The minimum absolute atomic E-state index is 0.0368. The van der Waals surface area contributed by atoms with Gasteiger partial charge in [0.2, 0.25) is 5.91 Å². The highest BCUT2D eigenvalue weighted by Crippen LogP contribution is 2.47. The van der Waals surface area contributed by atoms with E-state index in [2.05, 4.69) is 0 Å². The van der Waals surface area contributed by atoms with Gasteiger partial charge in [-0.1, -0.05) is 12.2 Å².